The van der Waals surface area contributed by atoms with E-state index >= 15 is 0 Å². The van der Waals surface area contributed by atoms with Crippen molar-refractivity contribution in [1.29, 1.82) is 0 Å². The third-order valence-corrected chi connectivity index (χ3v) is 3.81. The molecule has 23 heavy (non-hydrogen) atoms. The molecule has 1 aromatic heterocycles. The predicted octanol–water partition coefficient (Wildman–Crippen LogP) is 1.26. The van der Waals surface area contributed by atoms with Crippen LogP contribution in [0.2, 0.25) is 0 Å². The monoisotopic (exact) mass is 313 g/mol. The molecule has 3 rings (SSSR count). The molecule has 2 heterocycles. The molecule has 0 fully saturated rings. The molecule has 2 aromatic rings. The highest BCUT2D eigenvalue weighted by Gasteiger charge is 2.12. The van der Waals surface area contributed by atoms with E-state index in [2.05, 4.69) is 15.3 Å². The Kier molecular flexibility index (Phi) is 4.41. The van der Waals surface area contributed by atoms with Gasteiger partial charge in [-0.1, -0.05) is 12.1 Å². The van der Waals surface area contributed by atoms with Crippen molar-refractivity contribution in [2.45, 2.75) is 32.7 Å². The van der Waals surface area contributed by atoms with Gasteiger partial charge in [0.2, 0.25) is 5.91 Å². The van der Waals surface area contributed by atoms with Gasteiger partial charge >= 0.3 is 0 Å². The van der Waals surface area contributed by atoms with Gasteiger partial charge < -0.3 is 15.0 Å². The van der Waals surface area contributed by atoms with Gasteiger partial charge in [0.05, 0.1) is 18.6 Å². The van der Waals surface area contributed by atoms with E-state index in [0.29, 0.717) is 11.4 Å². The van der Waals surface area contributed by atoms with Gasteiger partial charge in [0.25, 0.3) is 5.56 Å². The average Bonchev–Trinajstić information content (AvgIpc) is 2.54. The summed E-state index contributed by atoms with van der Waals surface area (Å²) in [5.74, 6) is 1.35. The Morgan fingerprint density at radius 3 is 3.13 bits per heavy atom. The number of carbonyl (C=O) groups excluding carboxylic acids is 1. The number of carbonyl (C=O) groups is 1. The number of nitrogens with zero attached hydrogens (tertiary/aromatic N) is 1. The van der Waals surface area contributed by atoms with Crippen molar-refractivity contribution < 1.29 is 9.53 Å². The Hall–Kier alpha value is -2.63. The largest absolute Gasteiger partial charge is 0.493 e. The van der Waals surface area contributed by atoms with E-state index in [0.717, 1.165) is 36.3 Å². The summed E-state index contributed by atoms with van der Waals surface area (Å²) in [5, 5.41) is 2.76. The zero-order valence-corrected chi connectivity index (χ0v) is 13.0. The van der Waals surface area contributed by atoms with Crippen LogP contribution in [0.3, 0.4) is 0 Å². The van der Waals surface area contributed by atoms with E-state index in [1.54, 1.807) is 6.92 Å². The highest BCUT2D eigenvalue weighted by molar-refractivity contribution is 5.78. The van der Waals surface area contributed by atoms with Crippen molar-refractivity contribution in [1.82, 2.24) is 15.3 Å². The molecule has 1 amide bonds. The molecule has 1 aliphatic rings. The van der Waals surface area contributed by atoms with E-state index in [-0.39, 0.29) is 24.4 Å². The molecule has 0 saturated heterocycles. The summed E-state index contributed by atoms with van der Waals surface area (Å²) in [6, 6.07) is 5.85. The molecular formula is C17H19N3O3. The van der Waals surface area contributed by atoms with Crippen LogP contribution in [-0.2, 0) is 24.2 Å². The van der Waals surface area contributed by atoms with Crippen molar-refractivity contribution in [3.8, 4) is 5.75 Å². The Morgan fingerprint density at radius 1 is 1.43 bits per heavy atom. The lowest BCUT2D eigenvalue weighted by atomic mass is 10.0. The maximum absolute atomic E-state index is 12.1. The summed E-state index contributed by atoms with van der Waals surface area (Å²) >= 11 is 0. The lowest BCUT2D eigenvalue weighted by Crippen LogP contribution is -2.28. The molecule has 0 spiro atoms. The van der Waals surface area contributed by atoms with Gasteiger partial charge in [0.15, 0.2) is 0 Å². The first-order valence-corrected chi connectivity index (χ1v) is 7.68. The van der Waals surface area contributed by atoms with Gasteiger partial charge in [-0.15, -0.1) is 0 Å². The minimum Gasteiger partial charge on any atom is -0.493 e. The second kappa shape index (κ2) is 6.64. The molecule has 120 valence electrons. The van der Waals surface area contributed by atoms with Gasteiger partial charge in [-0.3, -0.25) is 9.59 Å². The van der Waals surface area contributed by atoms with E-state index in [1.165, 1.54) is 6.20 Å². The fraction of sp³-hybridized carbons (Fsp3) is 0.353. The first-order chi connectivity index (χ1) is 11.1. The standard InChI is InChI=1S/C17H19N3O3/c1-11-18-9-14(17(22)20-11)10-19-16(21)8-12-4-5-15-13(7-12)3-2-6-23-15/h4-5,7,9H,2-3,6,8,10H2,1H3,(H,19,21)(H,18,20,22). The maximum Gasteiger partial charge on any atom is 0.255 e. The van der Waals surface area contributed by atoms with Crippen LogP contribution in [-0.4, -0.2) is 22.5 Å². The second-order valence-electron chi connectivity index (χ2n) is 5.67. The summed E-state index contributed by atoms with van der Waals surface area (Å²) in [7, 11) is 0. The summed E-state index contributed by atoms with van der Waals surface area (Å²) in [6.45, 7) is 2.64. The molecule has 0 atom stereocenters. The SMILES string of the molecule is Cc1ncc(CNC(=O)Cc2ccc3c(c2)CCCO3)c(=O)[nH]1. The quantitative estimate of drug-likeness (QED) is 0.890. The fourth-order valence-corrected chi connectivity index (χ4v) is 2.60. The number of amides is 1. The first-order valence-electron chi connectivity index (χ1n) is 7.68. The number of benzene rings is 1. The van der Waals surface area contributed by atoms with Crippen LogP contribution >= 0.6 is 0 Å². The number of aromatic amines is 1. The van der Waals surface area contributed by atoms with Crippen LogP contribution in [0.5, 0.6) is 5.75 Å². The van der Waals surface area contributed by atoms with Crippen molar-refractivity contribution >= 4 is 5.91 Å². The van der Waals surface area contributed by atoms with E-state index in [9.17, 15) is 9.59 Å². The van der Waals surface area contributed by atoms with Crippen molar-refractivity contribution in [2.24, 2.45) is 0 Å². The predicted molar refractivity (Wildman–Crippen MR) is 85.4 cm³/mol. The summed E-state index contributed by atoms with van der Waals surface area (Å²) in [6.07, 6.45) is 3.76. The second-order valence-corrected chi connectivity index (χ2v) is 5.67. The van der Waals surface area contributed by atoms with Gasteiger partial charge in [-0.25, -0.2) is 4.98 Å². The summed E-state index contributed by atoms with van der Waals surface area (Å²) < 4.78 is 5.57. The number of aryl methyl sites for hydroxylation is 2. The number of nitrogens with one attached hydrogen (secondary N) is 2. The lowest BCUT2D eigenvalue weighted by Gasteiger charge is -2.17. The minimum atomic E-state index is -0.219. The molecule has 1 aromatic carbocycles. The zero-order chi connectivity index (χ0) is 16.2. The maximum atomic E-state index is 12.1. The van der Waals surface area contributed by atoms with Crippen LogP contribution in [0.15, 0.2) is 29.2 Å². The first kappa shape index (κ1) is 15.3. The number of fused-ring (bicyclic) bond motifs is 1. The topological polar surface area (TPSA) is 84.1 Å². The third kappa shape index (κ3) is 3.77. The molecule has 0 saturated carbocycles. The Balaban J connectivity index is 1.60. The Labute approximate surface area is 133 Å². The number of hydrogen-bond acceptors (Lipinski definition) is 4. The number of aromatic nitrogens is 2. The molecule has 0 unspecified atom stereocenters. The Bertz CT molecular complexity index is 783. The number of hydrogen-bond donors (Lipinski definition) is 2. The molecule has 0 aliphatic carbocycles. The Morgan fingerprint density at radius 2 is 2.30 bits per heavy atom. The molecule has 6 heteroatoms. The lowest BCUT2D eigenvalue weighted by molar-refractivity contribution is -0.120. The van der Waals surface area contributed by atoms with Crippen molar-refractivity contribution in [3.63, 3.8) is 0 Å². The number of rotatable bonds is 4. The molecular weight excluding hydrogens is 294 g/mol. The summed E-state index contributed by atoms with van der Waals surface area (Å²) in [5.41, 5.74) is 2.33. The van der Waals surface area contributed by atoms with Crippen molar-refractivity contribution in [2.75, 3.05) is 6.61 Å². The van der Waals surface area contributed by atoms with E-state index in [4.69, 9.17) is 4.74 Å². The van der Waals surface area contributed by atoms with Crippen LogP contribution in [0.1, 0.15) is 28.9 Å². The molecule has 1 aliphatic heterocycles. The van der Waals surface area contributed by atoms with Crippen molar-refractivity contribution in [3.05, 3.63) is 57.3 Å². The van der Waals surface area contributed by atoms with Crippen LogP contribution < -0.4 is 15.6 Å². The van der Waals surface area contributed by atoms with Gasteiger partial charge in [-0.2, -0.15) is 0 Å². The van der Waals surface area contributed by atoms with Gasteiger partial charge in [0, 0.05) is 12.7 Å². The normalized spacial score (nSPS) is 13.1. The molecule has 0 radical (unpaired) electrons. The number of ether oxygens (including phenoxy) is 1. The molecule has 0 bridgehead atoms. The smallest absolute Gasteiger partial charge is 0.255 e. The highest BCUT2D eigenvalue weighted by atomic mass is 16.5. The van der Waals surface area contributed by atoms with Gasteiger partial charge in [-0.05, 0) is 37.0 Å². The van der Waals surface area contributed by atoms with Crippen LogP contribution in [0.25, 0.3) is 0 Å². The van der Waals surface area contributed by atoms with E-state index in [1.807, 2.05) is 18.2 Å². The van der Waals surface area contributed by atoms with E-state index < -0.39 is 0 Å². The van der Waals surface area contributed by atoms with Crippen LogP contribution in [0.4, 0.5) is 0 Å². The average molecular weight is 313 g/mol. The molecule has 2 N–H and O–H groups in total. The molecule has 6 nitrogen and oxygen atoms in total. The zero-order valence-electron chi connectivity index (χ0n) is 13.0. The highest BCUT2D eigenvalue weighted by Crippen LogP contribution is 2.25. The summed E-state index contributed by atoms with van der Waals surface area (Å²) in [4.78, 5) is 30.4. The van der Waals surface area contributed by atoms with Crippen LogP contribution in [0, 0.1) is 6.92 Å². The number of H-pyrrole nitrogens is 1. The third-order valence-electron chi connectivity index (χ3n) is 3.81. The minimum absolute atomic E-state index is 0.123. The van der Waals surface area contributed by atoms with Gasteiger partial charge in [0.1, 0.15) is 11.6 Å². The fourth-order valence-electron chi connectivity index (χ4n) is 2.60.